The van der Waals surface area contributed by atoms with Crippen molar-refractivity contribution in [3.63, 3.8) is 0 Å². The van der Waals surface area contributed by atoms with Crippen molar-refractivity contribution in [1.29, 1.82) is 0 Å². The molecule has 3 rings (SSSR count). The highest BCUT2D eigenvalue weighted by Gasteiger charge is 2.31. The first kappa shape index (κ1) is 17.7. The van der Waals surface area contributed by atoms with E-state index in [2.05, 4.69) is 4.90 Å². The summed E-state index contributed by atoms with van der Waals surface area (Å²) in [6.07, 6.45) is 0.897. The predicted octanol–water partition coefficient (Wildman–Crippen LogP) is 3.29. The average molecular weight is 344 g/mol. The van der Waals surface area contributed by atoms with Gasteiger partial charge in [-0.1, -0.05) is 12.1 Å². The van der Waals surface area contributed by atoms with Gasteiger partial charge in [-0.25, -0.2) is 4.39 Å². The molecule has 25 heavy (non-hydrogen) atoms. The molecule has 2 aromatic rings. The maximum absolute atomic E-state index is 13.5. The lowest BCUT2D eigenvalue weighted by molar-refractivity contribution is 0.155. The van der Waals surface area contributed by atoms with Gasteiger partial charge in [0.05, 0.1) is 20.3 Å². The Labute approximate surface area is 148 Å². The molecule has 0 radical (unpaired) electrons. The van der Waals surface area contributed by atoms with E-state index >= 15 is 0 Å². The molecule has 1 aliphatic heterocycles. The van der Waals surface area contributed by atoms with Crippen molar-refractivity contribution in [3.8, 4) is 11.5 Å². The van der Waals surface area contributed by atoms with Gasteiger partial charge in [0.15, 0.2) is 11.5 Å². The summed E-state index contributed by atoms with van der Waals surface area (Å²) in [5.74, 6) is 1.24. The fourth-order valence-electron chi connectivity index (χ4n) is 3.69. The first-order chi connectivity index (χ1) is 12.0. The Kier molecular flexibility index (Phi) is 5.25. The summed E-state index contributed by atoms with van der Waals surface area (Å²) < 4.78 is 24.4. The maximum atomic E-state index is 13.5. The Morgan fingerprint density at radius 1 is 1.20 bits per heavy atom. The van der Waals surface area contributed by atoms with Gasteiger partial charge in [0.25, 0.3) is 0 Å². The third-order valence-electron chi connectivity index (χ3n) is 4.80. The van der Waals surface area contributed by atoms with Crippen LogP contribution in [0.25, 0.3) is 0 Å². The lowest BCUT2D eigenvalue weighted by atomic mass is 9.88. The lowest BCUT2D eigenvalue weighted by Gasteiger charge is -2.40. The molecule has 0 saturated heterocycles. The van der Waals surface area contributed by atoms with Crippen LogP contribution in [0, 0.1) is 5.82 Å². The molecule has 0 aliphatic carbocycles. The number of nitrogens with zero attached hydrogens (tertiary/aromatic N) is 1. The number of methoxy groups -OCH3 is 2. The molecule has 0 spiro atoms. The minimum Gasteiger partial charge on any atom is -0.493 e. The summed E-state index contributed by atoms with van der Waals surface area (Å²) in [6, 6.07) is 10.8. The van der Waals surface area contributed by atoms with Crippen LogP contribution in [0.2, 0.25) is 0 Å². The topological polar surface area (TPSA) is 47.7 Å². The fourth-order valence-corrected chi connectivity index (χ4v) is 3.69. The Morgan fingerprint density at radius 3 is 2.56 bits per heavy atom. The number of nitrogens with two attached hydrogens (primary N) is 1. The Balaban J connectivity index is 1.96. The second-order valence-corrected chi connectivity index (χ2v) is 6.56. The molecule has 0 fully saturated rings. The van der Waals surface area contributed by atoms with E-state index in [1.54, 1.807) is 26.4 Å². The molecule has 4 nitrogen and oxygen atoms in total. The summed E-state index contributed by atoms with van der Waals surface area (Å²) in [4.78, 5) is 2.31. The number of hydrogen-bond acceptors (Lipinski definition) is 4. The number of rotatable bonds is 5. The molecule has 0 saturated carbocycles. The minimum absolute atomic E-state index is 0.0480. The quantitative estimate of drug-likeness (QED) is 0.904. The fraction of sp³-hybridized carbons (Fsp3) is 0.400. The average Bonchev–Trinajstić information content (AvgIpc) is 2.60. The summed E-state index contributed by atoms with van der Waals surface area (Å²) >= 11 is 0. The molecule has 0 amide bonds. The molecule has 0 unspecified atom stereocenters. The van der Waals surface area contributed by atoms with Crippen LogP contribution in [0.15, 0.2) is 36.4 Å². The predicted molar refractivity (Wildman–Crippen MR) is 96.5 cm³/mol. The van der Waals surface area contributed by atoms with Crippen LogP contribution in [0.3, 0.4) is 0 Å². The first-order valence-electron chi connectivity index (χ1n) is 8.52. The van der Waals surface area contributed by atoms with Gasteiger partial charge in [0.1, 0.15) is 5.82 Å². The molecular weight excluding hydrogens is 319 g/mol. The third kappa shape index (κ3) is 3.62. The molecule has 1 heterocycles. The summed E-state index contributed by atoms with van der Waals surface area (Å²) in [5.41, 5.74) is 9.68. The number of halogens is 1. The molecular formula is C20H25FN2O2. The number of benzene rings is 2. The normalized spacial score (nSPS) is 18.5. The zero-order valence-electron chi connectivity index (χ0n) is 15.0. The van der Waals surface area contributed by atoms with Crippen molar-refractivity contribution >= 4 is 0 Å². The first-order valence-corrected chi connectivity index (χ1v) is 8.52. The Hall–Kier alpha value is -2.11. The standard InChI is InChI=1S/C20H25FN2O2/c1-13(22)20-17-11-19(25-3)18(24-2)10-15(17)7-8-23(20)12-14-5-4-6-16(21)9-14/h4-6,9-11,13,20H,7-8,12,22H2,1-3H3/t13-,20+/m0/s1. The van der Waals surface area contributed by atoms with Crippen LogP contribution in [0.5, 0.6) is 11.5 Å². The van der Waals surface area contributed by atoms with Crippen LogP contribution >= 0.6 is 0 Å². The van der Waals surface area contributed by atoms with Crippen molar-refractivity contribution in [2.24, 2.45) is 5.73 Å². The monoisotopic (exact) mass is 344 g/mol. The molecule has 2 atom stereocenters. The third-order valence-corrected chi connectivity index (χ3v) is 4.80. The van der Waals surface area contributed by atoms with E-state index in [0.29, 0.717) is 12.3 Å². The van der Waals surface area contributed by atoms with E-state index in [0.717, 1.165) is 29.8 Å². The van der Waals surface area contributed by atoms with Gasteiger partial charge in [-0.15, -0.1) is 0 Å². The van der Waals surface area contributed by atoms with Gasteiger partial charge < -0.3 is 15.2 Å². The minimum atomic E-state index is -0.210. The van der Waals surface area contributed by atoms with Gasteiger partial charge in [0, 0.05) is 19.1 Å². The zero-order valence-corrected chi connectivity index (χ0v) is 15.0. The molecule has 2 aromatic carbocycles. The van der Waals surface area contributed by atoms with Gasteiger partial charge in [-0.3, -0.25) is 4.90 Å². The lowest BCUT2D eigenvalue weighted by Crippen LogP contribution is -2.43. The van der Waals surface area contributed by atoms with Crippen molar-refractivity contribution < 1.29 is 13.9 Å². The van der Waals surface area contributed by atoms with Crippen molar-refractivity contribution in [3.05, 3.63) is 58.9 Å². The van der Waals surface area contributed by atoms with Gasteiger partial charge >= 0.3 is 0 Å². The Morgan fingerprint density at radius 2 is 1.92 bits per heavy atom. The van der Waals surface area contributed by atoms with Crippen LogP contribution in [-0.4, -0.2) is 31.7 Å². The van der Waals surface area contributed by atoms with E-state index in [4.69, 9.17) is 15.2 Å². The van der Waals surface area contributed by atoms with Crippen molar-refractivity contribution in [2.75, 3.05) is 20.8 Å². The highest BCUT2D eigenvalue weighted by molar-refractivity contribution is 5.49. The van der Waals surface area contributed by atoms with Crippen LogP contribution < -0.4 is 15.2 Å². The smallest absolute Gasteiger partial charge is 0.161 e. The molecule has 1 aliphatic rings. The Bertz CT molecular complexity index is 748. The SMILES string of the molecule is COc1cc2c(cc1OC)[C@@H]([C@H](C)N)N(Cc1cccc(F)c1)CC2. The molecule has 134 valence electrons. The molecule has 0 bridgehead atoms. The molecule has 0 aromatic heterocycles. The van der Waals surface area contributed by atoms with Crippen LogP contribution in [-0.2, 0) is 13.0 Å². The highest BCUT2D eigenvalue weighted by Crippen LogP contribution is 2.39. The second-order valence-electron chi connectivity index (χ2n) is 6.56. The van der Waals surface area contributed by atoms with Crippen molar-refractivity contribution in [1.82, 2.24) is 4.90 Å². The van der Waals surface area contributed by atoms with Crippen LogP contribution in [0.1, 0.15) is 29.7 Å². The molecule has 5 heteroatoms. The zero-order chi connectivity index (χ0) is 18.0. The molecule has 2 N–H and O–H groups in total. The van der Waals surface area contributed by atoms with E-state index < -0.39 is 0 Å². The van der Waals surface area contributed by atoms with Crippen LogP contribution in [0.4, 0.5) is 4.39 Å². The van der Waals surface area contributed by atoms with E-state index in [9.17, 15) is 4.39 Å². The summed E-state index contributed by atoms with van der Waals surface area (Å²) in [6.45, 7) is 3.54. The maximum Gasteiger partial charge on any atom is 0.161 e. The summed E-state index contributed by atoms with van der Waals surface area (Å²) in [5, 5.41) is 0. The van der Waals surface area contributed by atoms with E-state index in [-0.39, 0.29) is 17.9 Å². The number of ether oxygens (including phenoxy) is 2. The van der Waals surface area contributed by atoms with Gasteiger partial charge in [0.2, 0.25) is 0 Å². The number of fused-ring (bicyclic) bond motifs is 1. The second kappa shape index (κ2) is 7.42. The van der Waals surface area contributed by atoms with Gasteiger partial charge in [-0.05, 0) is 54.3 Å². The summed E-state index contributed by atoms with van der Waals surface area (Å²) in [7, 11) is 3.28. The van der Waals surface area contributed by atoms with E-state index in [1.165, 1.54) is 11.6 Å². The highest BCUT2D eigenvalue weighted by atomic mass is 19.1. The van der Waals surface area contributed by atoms with E-state index in [1.807, 2.05) is 25.1 Å². The van der Waals surface area contributed by atoms with Gasteiger partial charge in [-0.2, -0.15) is 0 Å². The largest absolute Gasteiger partial charge is 0.493 e. The number of hydrogen-bond donors (Lipinski definition) is 1. The van der Waals surface area contributed by atoms with Crippen molar-refractivity contribution in [2.45, 2.75) is 32.0 Å².